The molecule has 0 amide bonds. The van der Waals surface area contributed by atoms with Crippen molar-refractivity contribution in [1.29, 1.82) is 0 Å². The summed E-state index contributed by atoms with van der Waals surface area (Å²) in [4.78, 5) is 10.5. The standard InChI is InChI=1S/C10H13NO3/c1-2-14-9-4-7(5-10(12)13)3-8(11)6-9/h3-4,6H,2,5,11H2,1H3,(H,12,13). The van der Waals surface area contributed by atoms with Gasteiger partial charge in [0.1, 0.15) is 5.75 Å². The third kappa shape index (κ3) is 2.97. The van der Waals surface area contributed by atoms with E-state index < -0.39 is 5.97 Å². The predicted molar refractivity (Wildman–Crippen MR) is 53.4 cm³/mol. The van der Waals surface area contributed by atoms with Crippen LogP contribution in [0.15, 0.2) is 18.2 Å². The van der Waals surface area contributed by atoms with Crippen molar-refractivity contribution in [3.05, 3.63) is 23.8 Å². The van der Waals surface area contributed by atoms with Crippen LogP contribution in [0.3, 0.4) is 0 Å². The Bertz CT molecular complexity index is 336. The number of nitrogens with two attached hydrogens (primary N) is 1. The highest BCUT2D eigenvalue weighted by Crippen LogP contribution is 2.19. The molecule has 0 fully saturated rings. The molecule has 0 aliphatic rings. The first-order chi connectivity index (χ1) is 6.61. The summed E-state index contributed by atoms with van der Waals surface area (Å²) in [6.45, 7) is 2.40. The van der Waals surface area contributed by atoms with Crippen LogP contribution in [0, 0.1) is 0 Å². The summed E-state index contributed by atoms with van der Waals surface area (Å²) in [5, 5.41) is 8.60. The molecule has 0 aliphatic heterocycles. The minimum atomic E-state index is -0.877. The van der Waals surface area contributed by atoms with E-state index in [4.69, 9.17) is 15.6 Å². The maximum absolute atomic E-state index is 10.5. The first-order valence-corrected chi connectivity index (χ1v) is 4.36. The van der Waals surface area contributed by atoms with Crippen molar-refractivity contribution in [3.63, 3.8) is 0 Å². The highest BCUT2D eigenvalue weighted by molar-refractivity contribution is 5.71. The van der Waals surface area contributed by atoms with Crippen molar-refractivity contribution >= 4 is 11.7 Å². The van der Waals surface area contributed by atoms with Gasteiger partial charge in [-0.25, -0.2) is 0 Å². The van der Waals surface area contributed by atoms with Crippen molar-refractivity contribution in [2.45, 2.75) is 13.3 Å². The lowest BCUT2D eigenvalue weighted by Crippen LogP contribution is -2.02. The van der Waals surface area contributed by atoms with Crippen molar-refractivity contribution < 1.29 is 14.6 Å². The van der Waals surface area contributed by atoms with Gasteiger partial charge in [0.15, 0.2) is 0 Å². The molecule has 0 unspecified atom stereocenters. The molecule has 1 aromatic rings. The molecule has 0 aromatic heterocycles. The molecule has 4 heteroatoms. The smallest absolute Gasteiger partial charge is 0.307 e. The minimum absolute atomic E-state index is 0.0366. The largest absolute Gasteiger partial charge is 0.494 e. The molecule has 0 spiro atoms. The van der Waals surface area contributed by atoms with Gasteiger partial charge < -0.3 is 15.6 Å². The van der Waals surface area contributed by atoms with E-state index in [1.165, 1.54) is 0 Å². The Labute approximate surface area is 82.3 Å². The summed E-state index contributed by atoms with van der Waals surface area (Å²) in [7, 11) is 0. The van der Waals surface area contributed by atoms with Crippen LogP contribution < -0.4 is 10.5 Å². The molecule has 0 heterocycles. The zero-order valence-electron chi connectivity index (χ0n) is 7.99. The van der Waals surface area contributed by atoms with Crippen LogP contribution in [0.1, 0.15) is 12.5 Å². The zero-order chi connectivity index (χ0) is 10.6. The maximum atomic E-state index is 10.5. The summed E-state index contributed by atoms with van der Waals surface area (Å²) in [6, 6.07) is 5.00. The fourth-order valence-corrected chi connectivity index (χ4v) is 1.21. The van der Waals surface area contributed by atoms with Gasteiger partial charge in [0.05, 0.1) is 13.0 Å². The van der Waals surface area contributed by atoms with Gasteiger partial charge >= 0.3 is 5.97 Å². The van der Waals surface area contributed by atoms with Gasteiger partial charge in [-0.3, -0.25) is 4.79 Å². The van der Waals surface area contributed by atoms with Gasteiger partial charge in [-0.15, -0.1) is 0 Å². The molecule has 14 heavy (non-hydrogen) atoms. The molecular weight excluding hydrogens is 182 g/mol. The molecular formula is C10H13NO3. The third-order valence-electron chi connectivity index (χ3n) is 1.65. The second-order valence-electron chi connectivity index (χ2n) is 2.91. The molecule has 1 rings (SSSR count). The van der Waals surface area contributed by atoms with E-state index in [9.17, 15) is 4.79 Å². The lowest BCUT2D eigenvalue weighted by atomic mass is 10.1. The van der Waals surface area contributed by atoms with Gasteiger partial charge in [-0.2, -0.15) is 0 Å². The van der Waals surface area contributed by atoms with Crippen LogP contribution in [0.2, 0.25) is 0 Å². The number of rotatable bonds is 4. The number of carbonyl (C=O) groups is 1. The van der Waals surface area contributed by atoms with E-state index in [1.54, 1.807) is 18.2 Å². The van der Waals surface area contributed by atoms with Crippen molar-refractivity contribution in [3.8, 4) is 5.75 Å². The first kappa shape index (κ1) is 10.4. The molecule has 3 N–H and O–H groups in total. The topological polar surface area (TPSA) is 72.5 Å². The molecule has 0 bridgehead atoms. The molecule has 0 saturated heterocycles. The number of benzene rings is 1. The summed E-state index contributed by atoms with van der Waals surface area (Å²) in [6.07, 6.45) is -0.0366. The normalized spacial score (nSPS) is 9.79. The lowest BCUT2D eigenvalue weighted by molar-refractivity contribution is -0.136. The van der Waals surface area contributed by atoms with Crippen LogP contribution in [0.4, 0.5) is 5.69 Å². The average molecular weight is 195 g/mol. The Balaban J connectivity index is 2.88. The fourth-order valence-electron chi connectivity index (χ4n) is 1.21. The van der Waals surface area contributed by atoms with E-state index in [2.05, 4.69) is 0 Å². The molecule has 4 nitrogen and oxygen atoms in total. The monoisotopic (exact) mass is 195 g/mol. The third-order valence-corrected chi connectivity index (χ3v) is 1.65. The summed E-state index contributed by atoms with van der Waals surface area (Å²) in [5.74, 6) is -0.262. The lowest BCUT2D eigenvalue weighted by Gasteiger charge is -2.06. The van der Waals surface area contributed by atoms with Crippen LogP contribution in [0.5, 0.6) is 5.75 Å². The van der Waals surface area contributed by atoms with Gasteiger partial charge in [0.25, 0.3) is 0 Å². The maximum Gasteiger partial charge on any atom is 0.307 e. The van der Waals surface area contributed by atoms with Crippen molar-refractivity contribution in [2.24, 2.45) is 0 Å². The molecule has 0 saturated carbocycles. The number of nitrogen functional groups attached to an aromatic ring is 1. The van der Waals surface area contributed by atoms with Gasteiger partial charge in [0, 0.05) is 11.8 Å². The van der Waals surface area contributed by atoms with Crippen LogP contribution in [-0.2, 0) is 11.2 Å². The van der Waals surface area contributed by atoms with Crippen LogP contribution >= 0.6 is 0 Å². The van der Waals surface area contributed by atoms with E-state index in [0.29, 0.717) is 23.6 Å². The quantitative estimate of drug-likeness (QED) is 0.710. The number of hydrogen-bond acceptors (Lipinski definition) is 3. The molecule has 0 radical (unpaired) electrons. The zero-order valence-corrected chi connectivity index (χ0v) is 7.99. The predicted octanol–water partition coefficient (Wildman–Crippen LogP) is 1.29. The second-order valence-corrected chi connectivity index (χ2v) is 2.91. The van der Waals surface area contributed by atoms with Crippen LogP contribution in [-0.4, -0.2) is 17.7 Å². The van der Waals surface area contributed by atoms with Gasteiger partial charge in [-0.05, 0) is 24.6 Å². The number of carboxylic acid groups (broad SMARTS) is 1. The summed E-state index contributed by atoms with van der Waals surface area (Å²) < 4.78 is 5.24. The fraction of sp³-hybridized carbons (Fsp3) is 0.300. The van der Waals surface area contributed by atoms with Crippen molar-refractivity contribution in [2.75, 3.05) is 12.3 Å². The van der Waals surface area contributed by atoms with E-state index in [-0.39, 0.29) is 6.42 Å². The highest BCUT2D eigenvalue weighted by Gasteiger charge is 2.03. The number of aliphatic carboxylic acids is 1. The Hall–Kier alpha value is -1.71. The van der Waals surface area contributed by atoms with E-state index >= 15 is 0 Å². The number of hydrogen-bond donors (Lipinski definition) is 2. The molecule has 76 valence electrons. The average Bonchev–Trinajstić information content (AvgIpc) is 2.01. The Morgan fingerprint density at radius 2 is 2.21 bits per heavy atom. The van der Waals surface area contributed by atoms with E-state index in [1.807, 2.05) is 6.92 Å². The Morgan fingerprint density at radius 1 is 1.50 bits per heavy atom. The SMILES string of the molecule is CCOc1cc(N)cc(CC(=O)O)c1. The first-order valence-electron chi connectivity index (χ1n) is 4.36. The van der Waals surface area contributed by atoms with E-state index in [0.717, 1.165) is 0 Å². The number of anilines is 1. The summed E-state index contributed by atoms with van der Waals surface area (Å²) >= 11 is 0. The molecule has 0 atom stereocenters. The molecule has 1 aromatic carbocycles. The van der Waals surface area contributed by atoms with Gasteiger partial charge in [-0.1, -0.05) is 0 Å². The van der Waals surface area contributed by atoms with Gasteiger partial charge in [0.2, 0.25) is 0 Å². The molecule has 0 aliphatic carbocycles. The Morgan fingerprint density at radius 3 is 2.79 bits per heavy atom. The highest BCUT2D eigenvalue weighted by atomic mass is 16.5. The summed E-state index contributed by atoms with van der Waals surface area (Å²) in [5.41, 5.74) is 6.77. The van der Waals surface area contributed by atoms with Crippen molar-refractivity contribution in [1.82, 2.24) is 0 Å². The second kappa shape index (κ2) is 4.50. The number of ether oxygens (including phenoxy) is 1. The van der Waals surface area contributed by atoms with Crippen LogP contribution in [0.25, 0.3) is 0 Å². The number of carboxylic acids is 1. The minimum Gasteiger partial charge on any atom is -0.494 e. The Kier molecular flexibility index (Phi) is 3.34.